The first-order valence-corrected chi connectivity index (χ1v) is 7.90. The van der Waals surface area contributed by atoms with Gasteiger partial charge in [0.1, 0.15) is 0 Å². The number of aryl methyl sites for hydroxylation is 1. The van der Waals surface area contributed by atoms with Crippen LogP contribution in [0.2, 0.25) is 0 Å². The van der Waals surface area contributed by atoms with Crippen molar-refractivity contribution in [3.05, 3.63) is 34.9 Å². The van der Waals surface area contributed by atoms with Crippen LogP contribution >= 0.6 is 24.8 Å². The van der Waals surface area contributed by atoms with Gasteiger partial charge in [0, 0.05) is 37.8 Å². The Kier molecular flexibility index (Phi) is 10.3. The van der Waals surface area contributed by atoms with Crippen molar-refractivity contribution >= 4 is 24.8 Å². The molecule has 1 aromatic carbocycles. The lowest BCUT2D eigenvalue weighted by atomic mass is 9.94. The van der Waals surface area contributed by atoms with Crippen molar-refractivity contribution in [2.75, 3.05) is 26.2 Å². The van der Waals surface area contributed by atoms with Gasteiger partial charge in [0.15, 0.2) is 11.6 Å². The molecule has 1 fully saturated rings. The molecule has 134 valence electrons. The number of halogens is 4. The number of hydrogen-bond acceptors (Lipinski definition) is 2. The van der Waals surface area contributed by atoms with E-state index < -0.39 is 11.6 Å². The zero-order valence-corrected chi connectivity index (χ0v) is 15.7. The van der Waals surface area contributed by atoms with Crippen LogP contribution in [-0.2, 0) is 0 Å². The molecule has 6 heteroatoms. The van der Waals surface area contributed by atoms with Gasteiger partial charge in [-0.2, -0.15) is 0 Å². The van der Waals surface area contributed by atoms with Crippen LogP contribution in [0, 0.1) is 24.5 Å². The predicted molar refractivity (Wildman–Crippen MR) is 96.8 cm³/mol. The van der Waals surface area contributed by atoms with E-state index in [-0.39, 0.29) is 30.9 Å². The molecule has 2 nitrogen and oxygen atoms in total. The van der Waals surface area contributed by atoms with E-state index in [9.17, 15) is 8.78 Å². The van der Waals surface area contributed by atoms with Crippen LogP contribution in [0.5, 0.6) is 0 Å². The standard InChI is InChI=1S/C17H26F2N2.2ClH/c1-12(2)4-7-15(21-10-8-20-9-11-21)14-6-5-13(3)16(18)17(14)19;;/h5-6,12,15,20H,4,7-11H2,1-3H3;2*1H/t15-;;/m0../s1. The predicted octanol–water partition coefficient (Wildman–Crippen LogP) is 4.50. The quantitative estimate of drug-likeness (QED) is 0.822. The number of nitrogens with zero attached hydrogens (tertiary/aromatic N) is 1. The van der Waals surface area contributed by atoms with E-state index in [0.29, 0.717) is 17.0 Å². The molecule has 0 bridgehead atoms. The van der Waals surface area contributed by atoms with E-state index in [4.69, 9.17) is 0 Å². The van der Waals surface area contributed by atoms with E-state index in [1.54, 1.807) is 19.1 Å². The SMILES string of the molecule is Cc1ccc([C@H](CCC(C)C)N2CCNCC2)c(F)c1F.Cl.Cl. The topological polar surface area (TPSA) is 15.3 Å². The first-order chi connectivity index (χ1) is 10.0. The first kappa shape index (κ1) is 22.6. The van der Waals surface area contributed by atoms with Crippen molar-refractivity contribution in [3.63, 3.8) is 0 Å². The van der Waals surface area contributed by atoms with Crippen molar-refractivity contribution in [1.29, 1.82) is 0 Å². The number of benzene rings is 1. The normalized spacial score (nSPS) is 16.6. The Morgan fingerprint density at radius 2 is 1.65 bits per heavy atom. The van der Waals surface area contributed by atoms with Gasteiger partial charge in [-0.25, -0.2) is 8.78 Å². The highest BCUT2D eigenvalue weighted by atomic mass is 35.5. The van der Waals surface area contributed by atoms with E-state index in [0.717, 1.165) is 39.0 Å². The third-order valence-electron chi connectivity index (χ3n) is 4.27. The van der Waals surface area contributed by atoms with Crippen LogP contribution in [0.3, 0.4) is 0 Å². The molecule has 1 aliphatic rings. The van der Waals surface area contributed by atoms with E-state index in [1.807, 2.05) is 0 Å². The number of rotatable bonds is 5. The zero-order valence-electron chi connectivity index (χ0n) is 14.1. The molecule has 0 saturated carbocycles. The number of nitrogens with one attached hydrogen (secondary N) is 1. The summed E-state index contributed by atoms with van der Waals surface area (Å²) in [6.07, 6.45) is 1.89. The van der Waals surface area contributed by atoms with Gasteiger partial charge in [-0.15, -0.1) is 24.8 Å². The molecule has 1 heterocycles. The second-order valence-corrected chi connectivity index (χ2v) is 6.37. The van der Waals surface area contributed by atoms with Crippen LogP contribution in [0.1, 0.15) is 43.9 Å². The summed E-state index contributed by atoms with van der Waals surface area (Å²) in [6, 6.07) is 3.43. The van der Waals surface area contributed by atoms with Crippen LogP contribution in [0.4, 0.5) is 8.78 Å². The van der Waals surface area contributed by atoms with E-state index in [1.165, 1.54) is 0 Å². The Hall–Kier alpha value is -0.420. The minimum absolute atomic E-state index is 0. The van der Waals surface area contributed by atoms with Gasteiger partial charge in [-0.05, 0) is 31.2 Å². The molecule has 23 heavy (non-hydrogen) atoms. The molecule has 1 N–H and O–H groups in total. The Labute approximate surface area is 150 Å². The molecule has 1 aliphatic heterocycles. The third-order valence-corrected chi connectivity index (χ3v) is 4.27. The van der Waals surface area contributed by atoms with Gasteiger partial charge in [-0.3, -0.25) is 4.90 Å². The molecule has 0 unspecified atom stereocenters. The molecular weight excluding hydrogens is 341 g/mol. The zero-order chi connectivity index (χ0) is 15.4. The largest absolute Gasteiger partial charge is 0.314 e. The highest BCUT2D eigenvalue weighted by Crippen LogP contribution is 2.31. The van der Waals surface area contributed by atoms with E-state index in [2.05, 4.69) is 24.1 Å². The van der Waals surface area contributed by atoms with Crippen LogP contribution in [0.25, 0.3) is 0 Å². The van der Waals surface area contributed by atoms with Gasteiger partial charge in [0.05, 0.1) is 0 Å². The molecule has 0 aliphatic carbocycles. The highest BCUT2D eigenvalue weighted by Gasteiger charge is 2.26. The van der Waals surface area contributed by atoms with Crippen molar-refractivity contribution in [1.82, 2.24) is 10.2 Å². The molecule has 0 radical (unpaired) electrons. The van der Waals surface area contributed by atoms with Crippen LogP contribution in [-0.4, -0.2) is 31.1 Å². The maximum Gasteiger partial charge on any atom is 0.163 e. The fourth-order valence-corrected chi connectivity index (χ4v) is 2.94. The summed E-state index contributed by atoms with van der Waals surface area (Å²) in [6.45, 7) is 9.54. The van der Waals surface area contributed by atoms with Gasteiger partial charge in [-0.1, -0.05) is 26.0 Å². The van der Waals surface area contributed by atoms with Crippen LogP contribution < -0.4 is 5.32 Å². The summed E-state index contributed by atoms with van der Waals surface area (Å²) < 4.78 is 28.3. The Morgan fingerprint density at radius 3 is 2.22 bits per heavy atom. The maximum absolute atomic E-state index is 14.4. The fraction of sp³-hybridized carbons (Fsp3) is 0.647. The van der Waals surface area contributed by atoms with Gasteiger partial charge in [0.25, 0.3) is 0 Å². The monoisotopic (exact) mass is 368 g/mol. The molecule has 1 aromatic rings. The maximum atomic E-state index is 14.4. The summed E-state index contributed by atoms with van der Waals surface area (Å²) in [4.78, 5) is 2.28. The molecule has 1 atom stereocenters. The lowest BCUT2D eigenvalue weighted by Gasteiger charge is -2.36. The summed E-state index contributed by atoms with van der Waals surface area (Å²) in [7, 11) is 0. The summed E-state index contributed by atoms with van der Waals surface area (Å²) in [5.41, 5.74) is 0.889. The lowest BCUT2D eigenvalue weighted by Crippen LogP contribution is -2.45. The Morgan fingerprint density at radius 1 is 1.04 bits per heavy atom. The highest BCUT2D eigenvalue weighted by molar-refractivity contribution is 5.85. The van der Waals surface area contributed by atoms with E-state index >= 15 is 0 Å². The van der Waals surface area contributed by atoms with Crippen molar-refractivity contribution < 1.29 is 8.78 Å². The lowest BCUT2D eigenvalue weighted by molar-refractivity contribution is 0.156. The summed E-state index contributed by atoms with van der Waals surface area (Å²) in [5, 5.41) is 3.31. The van der Waals surface area contributed by atoms with Gasteiger partial charge in [0.2, 0.25) is 0 Å². The minimum atomic E-state index is -0.697. The number of piperazine rings is 1. The fourth-order valence-electron chi connectivity index (χ4n) is 2.94. The second kappa shape index (κ2) is 10.4. The molecule has 0 aromatic heterocycles. The number of hydrogen-bond donors (Lipinski definition) is 1. The Bertz CT molecular complexity index is 478. The average molecular weight is 369 g/mol. The summed E-state index contributed by atoms with van der Waals surface area (Å²) >= 11 is 0. The van der Waals surface area contributed by atoms with Crippen molar-refractivity contribution in [2.24, 2.45) is 5.92 Å². The van der Waals surface area contributed by atoms with Crippen LogP contribution in [0.15, 0.2) is 12.1 Å². The molecule has 0 spiro atoms. The molecular formula is C17H28Cl2F2N2. The third kappa shape index (κ3) is 5.86. The molecule has 2 rings (SSSR count). The summed E-state index contributed by atoms with van der Waals surface area (Å²) in [5.74, 6) is -0.798. The molecule has 1 saturated heterocycles. The smallest absolute Gasteiger partial charge is 0.163 e. The molecule has 0 amide bonds. The van der Waals surface area contributed by atoms with Gasteiger partial charge < -0.3 is 5.32 Å². The van der Waals surface area contributed by atoms with Crippen molar-refractivity contribution in [2.45, 2.75) is 39.7 Å². The van der Waals surface area contributed by atoms with Gasteiger partial charge >= 0.3 is 0 Å². The minimum Gasteiger partial charge on any atom is -0.314 e. The average Bonchev–Trinajstić information content (AvgIpc) is 2.48. The second-order valence-electron chi connectivity index (χ2n) is 6.37. The Balaban J connectivity index is 0.00000242. The van der Waals surface area contributed by atoms with Crippen molar-refractivity contribution in [3.8, 4) is 0 Å². The first-order valence-electron chi connectivity index (χ1n) is 7.90.